The van der Waals surface area contributed by atoms with Crippen LogP contribution in [0.3, 0.4) is 0 Å². The summed E-state index contributed by atoms with van der Waals surface area (Å²) in [6.45, 7) is 9.45. The molecule has 0 spiro atoms. The van der Waals surface area contributed by atoms with Crippen LogP contribution in [-0.4, -0.2) is 6.54 Å². The summed E-state index contributed by atoms with van der Waals surface area (Å²) >= 11 is 0. The van der Waals surface area contributed by atoms with Crippen LogP contribution in [0.4, 0.5) is 8.78 Å². The monoisotopic (exact) mass is 281 g/mol. The van der Waals surface area contributed by atoms with Gasteiger partial charge in [0.05, 0.1) is 11.9 Å². The molecular weight excluding hydrogens is 260 g/mol. The van der Waals surface area contributed by atoms with Crippen LogP contribution in [0.25, 0.3) is 11.0 Å². The van der Waals surface area contributed by atoms with Crippen LogP contribution in [0.2, 0.25) is 0 Å². The second-order valence-electron chi connectivity index (χ2n) is 5.85. The SMILES string of the molecule is CC(C)CNCc1oc2c(F)ccc(F)c2c1C(C)C. The van der Waals surface area contributed by atoms with Crippen molar-refractivity contribution in [3.05, 3.63) is 35.1 Å². The van der Waals surface area contributed by atoms with E-state index in [-0.39, 0.29) is 16.9 Å². The number of halogens is 2. The number of benzene rings is 1. The molecule has 1 N–H and O–H groups in total. The summed E-state index contributed by atoms with van der Waals surface area (Å²) in [7, 11) is 0. The highest BCUT2D eigenvalue weighted by atomic mass is 19.1. The summed E-state index contributed by atoms with van der Waals surface area (Å²) in [6.07, 6.45) is 0. The van der Waals surface area contributed by atoms with Gasteiger partial charge >= 0.3 is 0 Å². The van der Waals surface area contributed by atoms with Crippen molar-refractivity contribution in [3.63, 3.8) is 0 Å². The van der Waals surface area contributed by atoms with Crippen molar-refractivity contribution in [2.75, 3.05) is 6.54 Å². The number of fused-ring (bicyclic) bond motifs is 1. The molecule has 2 aromatic rings. The van der Waals surface area contributed by atoms with E-state index in [9.17, 15) is 8.78 Å². The minimum Gasteiger partial charge on any atom is -0.456 e. The molecule has 4 heteroatoms. The number of furan rings is 1. The average Bonchev–Trinajstić information content (AvgIpc) is 2.74. The Hall–Kier alpha value is -1.42. The van der Waals surface area contributed by atoms with Gasteiger partial charge in [0.2, 0.25) is 0 Å². The van der Waals surface area contributed by atoms with Crippen molar-refractivity contribution in [2.24, 2.45) is 5.92 Å². The summed E-state index contributed by atoms with van der Waals surface area (Å²) in [5, 5.41) is 3.54. The minimum atomic E-state index is -0.515. The first-order valence-corrected chi connectivity index (χ1v) is 7.01. The predicted molar refractivity (Wildman–Crippen MR) is 76.8 cm³/mol. The molecule has 1 heterocycles. The molecule has 0 atom stereocenters. The van der Waals surface area contributed by atoms with Crippen molar-refractivity contribution in [1.82, 2.24) is 5.32 Å². The van der Waals surface area contributed by atoms with Crippen molar-refractivity contribution < 1.29 is 13.2 Å². The zero-order chi connectivity index (χ0) is 14.9. The van der Waals surface area contributed by atoms with Gasteiger partial charge in [-0.15, -0.1) is 0 Å². The largest absolute Gasteiger partial charge is 0.456 e. The van der Waals surface area contributed by atoms with Crippen LogP contribution in [0, 0.1) is 17.6 Å². The Labute approximate surface area is 118 Å². The van der Waals surface area contributed by atoms with Gasteiger partial charge in [-0.05, 0) is 30.5 Å². The topological polar surface area (TPSA) is 25.2 Å². The molecule has 0 aliphatic rings. The van der Waals surface area contributed by atoms with E-state index in [1.807, 2.05) is 13.8 Å². The van der Waals surface area contributed by atoms with Gasteiger partial charge in [0.25, 0.3) is 0 Å². The van der Waals surface area contributed by atoms with E-state index in [1.54, 1.807) is 0 Å². The predicted octanol–water partition coefficient (Wildman–Crippen LogP) is 4.58. The second-order valence-corrected chi connectivity index (χ2v) is 5.85. The van der Waals surface area contributed by atoms with Crippen LogP contribution in [0.5, 0.6) is 0 Å². The Morgan fingerprint density at radius 2 is 1.75 bits per heavy atom. The van der Waals surface area contributed by atoms with Crippen LogP contribution in [-0.2, 0) is 6.54 Å². The normalized spacial score (nSPS) is 12.0. The third kappa shape index (κ3) is 2.85. The van der Waals surface area contributed by atoms with Gasteiger partial charge in [-0.3, -0.25) is 0 Å². The van der Waals surface area contributed by atoms with Crippen molar-refractivity contribution >= 4 is 11.0 Å². The van der Waals surface area contributed by atoms with E-state index in [4.69, 9.17) is 4.42 Å². The fraction of sp³-hybridized carbons (Fsp3) is 0.500. The first-order valence-electron chi connectivity index (χ1n) is 7.01. The van der Waals surface area contributed by atoms with E-state index < -0.39 is 11.6 Å². The zero-order valence-corrected chi connectivity index (χ0v) is 12.4. The molecule has 0 fully saturated rings. The molecule has 20 heavy (non-hydrogen) atoms. The smallest absolute Gasteiger partial charge is 0.173 e. The maximum Gasteiger partial charge on any atom is 0.173 e. The number of hydrogen-bond donors (Lipinski definition) is 1. The zero-order valence-electron chi connectivity index (χ0n) is 12.4. The Kier molecular flexibility index (Phi) is 4.43. The summed E-state index contributed by atoms with van der Waals surface area (Å²) < 4.78 is 33.4. The van der Waals surface area contributed by atoms with Gasteiger partial charge in [0, 0.05) is 5.56 Å². The standard InChI is InChI=1S/C16H21F2NO/c1-9(2)7-19-8-13-14(10(3)4)15-11(17)5-6-12(18)16(15)20-13/h5-6,9-10,19H,7-8H2,1-4H3. The summed E-state index contributed by atoms with van der Waals surface area (Å²) in [5.41, 5.74) is 0.781. The van der Waals surface area contributed by atoms with Gasteiger partial charge in [0.1, 0.15) is 11.6 Å². The second kappa shape index (κ2) is 5.92. The lowest BCUT2D eigenvalue weighted by Crippen LogP contribution is -2.19. The summed E-state index contributed by atoms with van der Waals surface area (Å²) in [6, 6.07) is 2.26. The Bertz CT molecular complexity index is 602. The van der Waals surface area contributed by atoms with Crippen molar-refractivity contribution in [1.29, 1.82) is 0 Å². The Morgan fingerprint density at radius 1 is 1.10 bits per heavy atom. The summed E-state index contributed by atoms with van der Waals surface area (Å²) in [5.74, 6) is 0.265. The van der Waals surface area contributed by atoms with E-state index in [0.717, 1.165) is 24.2 Å². The molecule has 0 amide bonds. The Morgan fingerprint density at radius 3 is 2.35 bits per heavy atom. The van der Waals surface area contributed by atoms with Gasteiger partial charge in [0.15, 0.2) is 11.4 Å². The fourth-order valence-corrected chi connectivity index (χ4v) is 2.42. The molecular formula is C16H21F2NO. The van der Waals surface area contributed by atoms with E-state index in [2.05, 4.69) is 19.2 Å². The molecule has 1 aromatic carbocycles. The summed E-state index contributed by atoms with van der Waals surface area (Å²) in [4.78, 5) is 0. The third-order valence-corrected chi connectivity index (χ3v) is 3.27. The minimum absolute atomic E-state index is 0.0232. The molecule has 0 unspecified atom stereocenters. The lowest BCUT2D eigenvalue weighted by molar-refractivity contribution is 0.468. The third-order valence-electron chi connectivity index (χ3n) is 3.27. The highest BCUT2D eigenvalue weighted by Gasteiger charge is 2.22. The molecule has 0 radical (unpaired) electrons. The van der Waals surface area contributed by atoms with Crippen LogP contribution in [0.1, 0.15) is 44.9 Å². The quantitative estimate of drug-likeness (QED) is 0.867. The van der Waals surface area contributed by atoms with Gasteiger partial charge in [-0.2, -0.15) is 0 Å². The van der Waals surface area contributed by atoms with Crippen molar-refractivity contribution in [2.45, 2.75) is 40.2 Å². The number of nitrogens with one attached hydrogen (secondary N) is 1. The molecule has 0 saturated carbocycles. The highest BCUT2D eigenvalue weighted by molar-refractivity contribution is 5.84. The molecule has 0 aliphatic heterocycles. The molecule has 0 aliphatic carbocycles. The van der Waals surface area contributed by atoms with E-state index >= 15 is 0 Å². The van der Waals surface area contributed by atoms with Gasteiger partial charge < -0.3 is 9.73 Å². The average molecular weight is 281 g/mol. The molecule has 2 rings (SSSR count). The maximum atomic E-state index is 14.0. The lowest BCUT2D eigenvalue weighted by Gasteiger charge is -2.09. The molecule has 1 aromatic heterocycles. The molecule has 0 bridgehead atoms. The number of hydrogen-bond acceptors (Lipinski definition) is 2. The first-order chi connectivity index (χ1) is 9.41. The maximum absolute atomic E-state index is 14.0. The number of rotatable bonds is 5. The van der Waals surface area contributed by atoms with Crippen LogP contribution >= 0.6 is 0 Å². The van der Waals surface area contributed by atoms with Gasteiger partial charge in [-0.1, -0.05) is 27.7 Å². The molecule has 110 valence electrons. The van der Waals surface area contributed by atoms with Gasteiger partial charge in [-0.25, -0.2) is 8.78 Å². The van der Waals surface area contributed by atoms with Crippen LogP contribution < -0.4 is 5.32 Å². The Balaban J connectivity index is 2.46. The molecule has 2 nitrogen and oxygen atoms in total. The molecule has 0 saturated heterocycles. The van der Waals surface area contributed by atoms with E-state index in [0.29, 0.717) is 18.2 Å². The highest BCUT2D eigenvalue weighted by Crippen LogP contribution is 2.35. The lowest BCUT2D eigenvalue weighted by atomic mass is 9.99. The van der Waals surface area contributed by atoms with E-state index in [1.165, 1.54) is 0 Å². The van der Waals surface area contributed by atoms with Crippen molar-refractivity contribution in [3.8, 4) is 0 Å². The van der Waals surface area contributed by atoms with Crippen LogP contribution in [0.15, 0.2) is 16.5 Å². The first kappa shape index (κ1) is 15.0. The fourth-order valence-electron chi connectivity index (χ4n) is 2.42.